The van der Waals surface area contributed by atoms with Crippen molar-refractivity contribution in [2.24, 2.45) is 0 Å². The number of amides is 1. The van der Waals surface area contributed by atoms with E-state index in [0.29, 0.717) is 6.54 Å². The van der Waals surface area contributed by atoms with Gasteiger partial charge in [-0.15, -0.1) is 0 Å². The minimum atomic E-state index is -0.0594. The molecule has 0 N–H and O–H groups in total. The number of nitrogens with zero attached hydrogens (tertiary/aromatic N) is 1. The Morgan fingerprint density at radius 1 is 0.885 bits per heavy atom. The van der Waals surface area contributed by atoms with Gasteiger partial charge in [0.1, 0.15) is 5.75 Å². The number of rotatable bonds is 6. The van der Waals surface area contributed by atoms with Crippen molar-refractivity contribution in [3.05, 3.63) is 102 Å². The molecule has 0 aliphatic rings. The minimum Gasteiger partial charge on any atom is -0.497 e. The molecule has 3 heteroatoms. The minimum absolute atomic E-state index is 0.0594. The van der Waals surface area contributed by atoms with Gasteiger partial charge in [-0.25, -0.2) is 0 Å². The third-order valence-corrected chi connectivity index (χ3v) is 4.05. The summed E-state index contributed by atoms with van der Waals surface area (Å²) in [5.41, 5.74) is 2.91. The topological polar surface area (TPSA) is 29.5 Å². The molecular weight excluding hydrogens is 322 g/mol. The zero-order chi connectivity index (χ0) is 18.2. The molecule has 0 spiro atoms. The van der Waals surface area contributed by atoms with Crippen molar-refractivity contribution < 1.29 is 9.53 Å². The fourth-order valence-electron chi connectivity index (χ4n) is 2.64. The quantitative estimate of drug-likeness (QED) is 0.593. The van der Waals surface area contributed by atoms with Gasteiger partial charge in [-0.3, -0.25) is 4.79 Å². The molecule has 1 amide bonds. The molecule has 3 nitrogen and oxygen atoms in total. The normalized spacial score (nSPS) is 10.7. The number of methoxy groups -OCH3 is 1. The number of hydrogen-bond donors (Lipinski definition) is 0. The highest BCUT2D eigenvalue weighted by molar-refractivity contribution is 6.03. The largest absolute Gasteiger partial charge is 0.497 e. The van der Waals surface area contributed by atoms with Gasteiger partial charge in [0.05, 0.1) is 13.7 Å². The predicted molar refractivity (Wildman–Crippen MR) is 106 cm³/mol. The lowest BCUT2D eigenvalue weighted by molar-refractivity contribution is -0.114. The number of carbonyl (C=O) groups excluding carboxylic acids is 1. The lowest BCUT2D eigenvalue weighted by Gasteiger charge is -2.21. The van der Waals surface area contributed by atoms with Crippen LogP contribution >= 0.6 is 0 Å². The zero-order valence-corrected chi connectivity index (χ0v) is 14.7. The number of carbonyl (C=O) groups is 1. The molecule has 0 aromatic heterocycles. The van der Waals surface area contributed by atoms with Gasteiger partial charge in [-0.2, -0.15) is 0 Å². The van der Waals surface area contributed by atoms with Crippen molar-refractivity contribution in [2.45, 2.75) is 6.54 Å². The predicted octanol–water partition coefficient (Wildman–Crippen LogP) is 4.94. The maximum absolute atomic E-state index is 12.9. The van der Waals surface area contributed by atoms with Crippen molar-refractivity contribution in [2.75, 3.05) is 12.0 Å². The van der Waals surface area contributed by atoms with Gasteiger partial charge in [0, 0.05) is 11.8 Å². The van der Waals surface area contributed by atoms with Crippen LogP contribution in [0.1, 0.15) is 11.1 Å². The summed E-state index contributed by atoms with van der Waals surface area (Å²) >= 11 is 0. The smallest absolute Gasteiger partial charge is 0.251 e. The molecule has 0 aliphatic carbocycles. The summed E-state index contributed by atoms with van der Waals surface area (Å²) in [4.78, 5) is 14.6. The number of para-hydroxylation sites is 1. The van der Waals surface area contributed by atoms with Gasteiger partial charge >= 0.3 is 0 Å². The van der Waals surface area contributed by atoms with E-state index in [1.165, 1.54) is 0 Å². The maximum Gasteiger partial charge on any atom is 0.251 e. The summed E-state index contributed by atoms with van der Waals surface area (Å²) in [6.07, 6.45) is 3.43. The van der Waals surface area contributed by atoms with Crippen molar-refractivity contribution in [1.82, 2.24) is 0 Å². The Balaban J connectivity index is 1.81. The molecule has 0 fully saturated rings. The fourth-order valence-corrected chi connectivity index (χ4v) is 2.64. The van der Waals surface area contributed by atoms with E-state index in [4.69, 9.17) is 4.74 Å². The molecule has 0 bridgehead atoms. The lowest BCUT2D eigenvalue weighted by Crippen LogP contribution is -2.28. The molecule has 0 saturated carbocycles. The second-order valence-electron chi connectivity index (χ2n) is 5.85. The third kappa shape index (κ3) is 4.61. The Morgan fingerprint density at radius 2 is 1.50 bits per heavy atom. The number of ether oxygens (including phenoxy) is 1. The first kappa shape index (κ1) is 17.5. The van der Waals surface area contributed by atoms with E-state index in [1.807, 2.05) is 91.0 Å². The first-order valence-electron chi connectivity index (χ1n) is 8.49. The van der Waals surface area contributed by atoms with Crippen LogP contribution in [0.3, 0.4) is 0 Å². The molecule has 0 unspecified atom stereocenters. The van der Waals surface area contributed by atoms with Crippen LogP contribution in [0.4, 0.5) is 5.69 Å². The van der Waals surface area contributed by atoms with E-state index in [2.05, 4.69) is 0 Å². The highest BCUT2D eigenvalue weighted by Gasteiger charge is 2.13. The maximum atomic E-state index is 12.9. The fraction of sp³-hybridized carbons (Fsp3) is 0.0870. The Bertz CT molecular complexity index is 856. The zero-order valence-electron chi connectivity index (χ0n) is 14.7. The Morgan fingerprint density at radius 3 is 2.12 bits per heavy atom. The molecule has 0 aliphatic heterocycles. The third-order valence-electron chi connectivity index (χ3n) is 4.05. The average Bonchev–Trinajstić information content (AvgIpc) is 2.72. The molecular formula is C23H21NO2. The van der Waals surface area contributed by atoms with E-state index in [9.17, 15) is 4.79 Å². The van der Waals surface area contributed by atoms with Crippen LogP contribution in [-0.2, 0) is 11.3 Å². The molecule has 3 aromatic rings. The summed E-state index contributed by atoms with van der Waals surface area (Å²) in [6.45, 7) is 0.524. The van der Waals surface area contributed by atoms with Crippen LogP contribution in [0.2, 0.25) is 0 Å². The second kappa shape index (κ2) is 8.67. The van der Waals surface area contributed by atoms with Crippen molar-refractivity contribution in [3.63, 3.8) is 0 Å². The molecule has 3 rings (SSSR count). The number of benzene rings is 3. The second-order valence-corrected chi connectivity index (χ2v) is 5.85. The van der Waals surface area contributed by atoms with Crippen molar-refractivity contribution >= 4 is 17.7 Å². The van der Waals surface area contributed by atoms with Crippen LogP contribution in [0.25, 0.3) is 6.08 Å². The van der Waals surface area contributed by atoms with Crippen LogP contribution in [0, 0.1) is 0 Å². The summed E-state index contributed by atoms with van der Waals surface area (Å²) in [5, 5.41) is 0. The number of anilines is 1. The highest BCUT2D eigenvalue weighted by atomic mass is 16.5. The standard InChI is InChI=1S/C23H21NO2/c1-26-22-15-12-19(13-16-22)14-17-23(25)24(21-10-6-3-7-11-21)18-20-8-4-2-5-9-20/h2-17H,18H2,1H3. The van der Waals surface area contributed by atoms with Crippen molar-refractivity contribution in [1.29, 1.82) is 0 Å². The van der Waals surface area contributed by atoms with Crippen LogP contribution in [0.15, 0.2) is 91.0 Å². The van der Waals surface area contributed by atoms with E-state index in [1.54, 1.807) is 18.1 Å². The van der Waals surface area contributed by atoms with Crippen LogP contribution in [-0.4, -0.2) is 13.0 Å². The SMILES string of the molecule is COc1ccc(C=CC(=O)N(Cc2ccccc2)c2ccccc2)cc1. The summed E-state index contributed by atoms with van der Waals surface area (Å²) in [6, 6.07) is 27.3. The van der Waals surface area contributed by atoms with Crippen LogP contribution in [0.5, 0.6) is 5.75 Å². The number of hydrogen-bond acceptors (Lipinski definition) is 2. The van der Waals surface area contributed by atoms with Crippen LogP contribution < -0.4 is 9.64 Å². The molecule has 0 atom stereocenters. The lowest BCUT2D eigenvalue weighted by atomic mass is 10.1. The van der Waals surface area contributed by atoms with Gasteiger partial charge < -0.3 is 9.64 Å². The average molecular weight is 343 g/mol. The molecule has 0 radical (unpaired) electrons. The Hall–Kier alpha value is -3.33. The van der Waals surface area contributed by atoms with E-state index in [-0.39, 0.29) is 5.91 Å². The Kier molecular flexibility index (Phi) is 5.84. The van der Waals surface area contributed by atoms with Gasteiger partial charge in [-0.05, 0) is 41.5 Å². The van der Waals surface area contributed by atoms with E-state index in [0.717, 1.165) is 22.6 Å². The van der Waals surface area contributed by atoms with Gasteiger partial charge in [0.2, 0.25) is 0 Å². The Labute approximate surface area is 154 Å². The molecule has 3 aromatic carbocycles. The van der Waals surface area contributed by atoms with Gasteiger partial charge in [-0.1, -0.05) is 60.7 Å². The van der Waals surface area contributed by atoms with Crippen molar-refractivity contribution in [3.8, 4) is 5.75 Å². The monoisotopic (exact) mass is 343 g/mol. The van der Waals surface area contributed by atoms with Gasteiger partial charge in [0.25, 0.3) is 5.91 Å². The van der Waals surface area contributed by atoms with Gasteiger partial charge in [0.15, 0.2) is 0 Å². The molecule has 26 heavy (non-hydrogen) atoms. The van der Waals surface area contributed by atoms with E-state index >= 15 is 0 Å². The first-order chi connectivity index (χ1) is 12.8. The molecule has 0 saturated heterocycles. The molecule has 130 valence electrons. The summed E-state index contributed by atoms with van der Waals surface area (Å²) in [5.74, 6) is 0.735. The highest BCUT2D eigenvalue weighted by Crippen LogP contribution is 2.18. The summed E-state index contributed by atoms with van der Waals surface area (Å²) < 4.78 is 5.16. The van der Waals surface area contributed by atoms with E-state index < -0.39 is 0 Å². The first-order valence-corrected chi connectivity index (χ1v) is 8.49. The molecule has 0 heterocycles. The summed E-state index contributed by atoms with van der Waals surface area (Å²) in [7, 11) is 1.63.